The van der Waals surface area contributed by atoms with Crippen LogP contribution >= 0.6 is 0 Å². The number of hydrogen-bond acceptors (Lipinski definition) is 4. The van der Waals surface area contributed by atoms with Crippen molar-refractivity contribution in [1.29, 1.82) is 0 Å². The summed E-state index contributed by atoms with van der Waals surface area (Å²) in [6.45, 7) is 4.07. The lowest BCUT2D eigenvalue weighted by Crippen LogP contribution is -2.35. The van der Waals surface area contributed by atoms with Crippen LogP contribution < -0.4 is 5.32 Å². The Hall–Kier alpha value is -1.36. The van der Waals surface area contributed by atoms with Gasteiger partial charge in [-0.05, 0) is 13.8 Å². The molecular weight excluding hydrogens is 184 g/mol. The second kappa shape index (κ2) is 4.76. The molecule has 0 aromatic carbocycles. The van der Waals surface area contributed by atoms with Gasteiger partial charge < -0.3 is 14.6 Å². The third-order valence-electron chi connectivity index (χ3n) is 1.65. The van der Waals surface area contributed by atoms with Crippen LogP contribution in [0.2, 0.25) is 0 Å². The molecule has 5 nitrogen and oxygen atoms in total. The van der Waals surface area contributed by atoms with Crippen LogP contribution in [0, 0.1) is 6.92 Å². The van der Waals surface area contributed by atoms with E-state index < -0.39 is 0 Å². The number of methoxy groups -OCH3 is 1. The van der Waals surface area contributed by atoms with E-state index in [9.17, 15) is 4.79 Å². The highest BCUT2D eigenvalue weighted by molar-refractivity contribution is 5.92. The van der Waals surface area contributed by atoms with Crippen LogP contribution in [-0.2, 0) is 4.74 Å². The lowest BCUT2D eigenvalue weighted by Gasteiger charge is -2.10. The number of aryl methyl sites for hydroxylation is 1. The lowest BCUT2D eigenvalue weighted by molar-refractivity contribution is 0.0896. The van der Waals surface area contributed by atoms with Crippen molar-refractivity contribution in [3.8, 4) is 0 Å². The maximum atomic E-state index is 11.5. The van der Waals surface area contributed by atoms with Crippen LogP contribution in [0.25, 0.3) is 0 Å². The average molecular weight is 198 g/mol. The van der Waals surface area contributed by atoms with Gasteiger partial charge in [0.2, 0.25) is 0 Å². The minimum Gasteiger partial charge on any atom is -0.383 e. The predicted octanol–water partition coefficient (Wildman–Crippen LogP) is 0.748. The van der Waals surface area contributed by atoms with Gasteiger partial charge in [0.25, 0.3) is 5.91 Å². The highest BCUT2D eigenvalue weighted by Gasteiger charge is 2.12. The molecule has 1 amide bonds. The van der Waals surface area contributed by atoms with Crippen molar-refractivity contribution in [2.45, 2.75) is 19.9 Å². The average Bonchev–Trinajstić information content (AvgIpc) is 2.52. The summed E-state index contributed by atoms with van der Waals surface area (Å²) in [5, 5.41) is 6.33. The molecule has 1 N–H and O–H groups in total. The second-order valence-corrected chi connectivity index (χ2v) is 3.15. The van der Waals surface area contributed by atoms with Gasteiger partial charge in [-0.25, -0.2) is 0 Å². The fourth-order valence-corrected chi connectivity index (χ4v) is 1.06. The quantitative estimate of drug-likeness (QED) is 0.775. The minimum absolute atomic E-state index is 0.0375. The zero-order valence-electron chi connectivity index (χ0n) is 8.53. The number of ether oxygens (including phenoxy) is 1. The number of nitrogens with zero attached hydrogens (tertiary/aromatic N) is 1. The Bertz CT molecular complexity index is 309. The van der Waals surface area contributed by atoms with E-state index >= 15 is 0 Å². The summed E-state index contributed by atoms with van der Waals surface area (Å²) in [5.74, 6) is 0.376. The lowest BCUT2D eigenvalue weighted by atomic mass is 10.3. The van der Waals surface area contributed by atoms with Crippen molar-refractivity contribution in [1.82, 2.24) is 10.5 Å². The number of hydrogen-bond donors (Lipinski definition) is 1. The molecule has 0 fully saturated rings. The van der Waals surface area contributed by atoms with Crippen molar-refractivity contribution in [2.75, 3.05) is 13.7 Å². The first kappa shape index (κ1) is 10.7. The monoisotopic (exact) mass is 198 g/mol. The zero-order chi connectivity index (χ0) is 10.6. The molecule has 0 aliphatic heterocycles. The van der Waals surface area contributed by atoms with Gasteiger partial charge in [-0.3, -0.25) is 4.79 Å². The van der Waals surface area contributed by atoms with E-state index in [1.54, 1.807) is 20.1 Å². The van der Waals surface area contributed by atoms with Gasteiger partial charge in [0.05, 0.1) is 6.61 Å². The Kier molecular flexibility index (Phi) is 3.64. The molecule has 1 heterocycles. The standard InChI is InChI=1S/C9H14N2O3/c1-6(5-13-3)10-9(12)8-4-7(2)14-11-8/h4,6H,5H2,1-3H3,(H,10,12)/t6-/m1/s1. The maximum absolute atomic E-state index is 11.5. The number of nitrogens with one attached hydrogen (secondary N) is 1. The summed E-state index contributed by atoms with van der Waals surface area (Å²) < 4.78 is 9.67. The molecule has 5 heteroatoms. The van der Waals surface area contributed by atoms with E-state index in [1.165, 1.54) is 0 Å². The first-order valence-electron chi connectivity index (χ1n) is 4.36. The van der Waals surface area contributed by atoms with Gasteiger partial charge in [-0.2, -0.15) is 0 Å². The van der Waals surface area contributed by atoms with Gasteiger partial charge in [-0.1, -0.05) is 5.16 Å². The summed E-state index contributed by atoms with van der Waals surface area (Å²) in [5.41, 5.74) is 0.297. The minimum atomic E-state index is -0.244. The zero-order valence-corrected chi connectivity index (χ0v) is 8.53. The highest BCUT2D eigenvalue weighted by atomic mass is 16.5. The molecule has 0 radical (unpaired) electrons. The van der Waals surface area contributed by atoms with Crippen LogP contribution in [-0.4, -0.2) is 30.8 Å². The smallest absolute Gasteiger partial charge is 0.273 e. The Morgan fingerprint density at radius 3 is 3.00 bits per heavy atom. The molecule has 0 aliphatic rings. The SMILES string of the molecule is COC[C@@H](C)NC(=O)c1cc(C)on1. The molecule has 0 bridgehead atoms. The first-order valence-corrected chi connectivity index (χ1v) is 4.36. The molecule has 0 saturated carbocycles. The van der Waals surface area contributed by atoms with Crippen LogP contribution in [0.15, 0.2) is 10.6 Å². The van der Waals surface area contributed by atoms with E-state index in [1.807, 2.05) is 6.92 Å². The number of carbonyl (C=O) groups excluding carboxylic acids is 1. The third-order valence-corrected chi connectivity index (χ3v) is 1.65. The Balaban J connectivity index is 2.50. The molecule has 0 unspecified atom stereocenters. The maximum Gasteiger partial charge on any atom is 0.273 e. The van der Waals surface area contributed by atoms with Gasteiger partial charge in [0.1, 0.15) is 5.76 Å². The molecule has 0 saturated heterocycles. The summed E-state index contributed by atoms with van der Waals surface area (Å²) in [6.07, 6.45) is 0. The normalized spacial score (nSPS) is 12.5. The van der Waals surface area contributed by atoms with E-state index in [2.05, 4.69) is 10.5 Å². The van der Waals surface area contributed by atoms with Crippen LogP contribution in [0.4, 0.5) is 0 Å². The topological polar surface area (TPSA) is 64.4 Å². The Morgan fingerprint density at radius 1 is 1.79 bits per heavy atom. The third kappa shape index (κ3) is 2.85. The van der Waals surface area contributed by atoms with Crippen molar-refractivity contribution in [3.05, 3.63) is 17.5 Å². The predicted molar refractivity (Wildman–Crippen MR) is 50.0 cm³/mol. The molecular formula is C9H14N2O3. The Labute approximate surface area is 82.4 Å². The van der Waals surface area contributed by atoms with Crippen LogP contribution in [0.3, 0.4) is 0 Å². The highest BCUT2D eigenvalue weighted by Crippen LogP contribution is 2.01. The van der Waals surface area contributed by atoms with Gasteiger partial charge in [0, 0.05) is 19.2 Å². The molecule has 1 rings (SSSR count). The van der Waals surface area contributed by atoms with Gasteiger partial charge >= 0.3 is 0 Å². The van der Waals surface area contributed by atoms with E-state index in [0.717, 1.165) is 0 Å². The van der Waals surface area contributed by atoms with Crippen LogP contribution in [0.1, 0.15) is 23.2 Å². The van der Waals surface area contributed by atoms with Crippen LogP contribution in [0.5, 0.6) is 0 Å². The van der Waals surface area contributed by atoms with Crippen molar-refractivity contribution in [3.63, 3.8) is 0 Å². The summed E-state index contributed by atoms with van der Waals surface area (Å²) in [7, 11) is 1.59. The van der Waals surface area contributed by atoms with Crippen molar-refractivity contribution >= 4 is 5.91 Å². The fourth-order valence-electron chi connectivity index (χ4n) is 1.06. The van der Waals surface area contributed by atoms with Gasteiger partial charge in [-0.15, -0.1) is 0 Å². The molecule has 0 aliphatic carbocycles. The van der Waals surface area contributed by atoms with Gasteiger partial charge in [0.15, 0.2) is 5.69 Å². The largest absolute Gasteiger partial charge is 0.383 e. The van der Waals surface area contributed by atoms with E-state index in [0.29, 0.717) is 18.1 Å². The molecule has 14 heavy (non-hydrogen) atoms. The molecule has 1 atom stereocenters. The molecule has 1 aromatic rings. The number of carbonyl (C=O) groups is 1. The number of amides is 1. The van der Waals surface area contributed by atoms with Crippen molar-refractivity contribution in [2.24, 2.45) is 0 Å². The number of rotatable bonds is 4. The second-order valence-electron chi connectivity index (χ2n) is 3.15. The van der Waals surface area contributed by atoms with E-state index in [-0.39, 0.29) is 11.9 Å². The fraction of sp³-hybridized carbons (Fsp3) is 0.556. The first-order chi connectivity index (χ1) is 6.63. The Morgan fingerprint density at radius 2 is 2.50 bits per heavy atom. The number of aromatic nitrogens is 1. The molecule has 1 aromatic heterocycles. The van der Waals surface area contributed by atoms with E-state index in [4.69, 9.17) is 9.26 Å². The van der Waals surface area contributed by atoms with Crippen molar-refractivity contribution < 1.29 is 14.1 Å². The summed E-state index contributed by atoms with van der Waals surface area (Å²) in [4.78, 5) is 11.5. The summed E-state index contributed by atoms with van der Waals surface area (Å²) >= 11 is 0. The molecule has 78 valence electrons. The molecule has 0 spiro atoms. The summed E-state index contributed by atoms with van der Waals surface area (Å²) in [6, 6.07) is 1.55.